The molecule has 3 atom stereocenters. The molecule has 4 rings (SSSR count). The summed E-state index contributed by atoms with van der Waals surface area (Å²) in [4.78, 5) is 27.2. The van der Waals surface area contributed by atoms with Crippen LogP contribution < -0.4 is 4.74 Å². The number of carboxylic acids is 1. The number of rotatable bonds is 12. The van der Waals surface area contributed by atoms with Gasteiger partial charge in [0.05, 0.1) is 12.6 Å². The van der Waals surface area contributed by atoms with Gasteiger partial charge in [0.15, 0.2) is 0 Å². The normalized spacial score (nSPS) is 19.3. The highest BCUT2D eigenvalue weighted by molar-refractivity contribution is 7.99. The quantitative estimate of drug-likeness (QED) is 0.322. The summed E-state index contributed by atoms with van der Waals surface area (Å²) in [5.41, 5.74) is 1.39. The first-order valence-corrected chi connectivity index (χ1v) is 13.4. The smallest absolute Gasteiger partial charge is 0.303 e. The van der Waals surface area contributed by atoms with Crippen LogP contribution in [0.1, 0.15) is 43.8 Å². The lowest BCUT2D eigenvalue weighted by atomic mass is 9.79. The Morgan fingerprint density at radius 1 is 1.25 bits per heavy atom. The summed E-state index contributed by atoms with van der Waals surface area (Å²) in [6, 6.07) is 7.29. The van der Waals surface area contributed by atoms with Crippen molar-refractivity contribution in [3.05, 3.63) is 54.7 Å². The molecular weight excluding hydrogens is 479 g/mol. The second-order valence-corrected chi connectivity index (χ2v) is 10.5. The lowest BCUT2D eigenvalue weighted by Crippen LogP contribution is -2.41. The van der Waals surface area contributed by atoms with Crippen LogP contribution in [0.3, 0.4) is 0 Å². The Kier molecular flexibility index (Phi) is 9.47. The van der Waals surface area contributed by atoms with Gasteiger partial charge in [-0.2, -0.15) is 0 Å². The van der Waals surface area contributed by atoms with E-state index < -0.39 is 12.1 Å². The largest absolute Gasteiger partial charge is 0.497 e. The molecule has 1 N–H and O–H groups in total. The molecule has 7 nitrogen and oxygen atoms in total. The van der Waals surface area contributed by atoms with Crippen LogP contribution >= 0.6 is 11.8 Å². The van der Waals surface area contributed by atoms with Crippen molar-refractivity contribution in [2.24, 2.45) is 11.8 Å². The number of alkyl halides is 1. The summed E-state index contributed by atoms with van der Waals surface area (Å²) in [6.07, 6.45) is 8.59. The van der Waals surface area contributed by atoms with E-state index in [2.05, 4.69) is 19.9 Å². The number of methoxy groups -OCH3 is 1. The predicted octanol–water partition coefficient (Wildman–Crippen LogP) is 5.42. The summed E-state index contributed by atoms with van der Waals surface area (Å²) in [5, 5.41) is 10.0. The van der Waals surface area contributed by atoms with Crippen molar-refractivity contribution < 1.29 is 19.0 Å². The molecule has 0 aliphatic carbocycles. The molecule has 0 spiro atoms. The zero-order valence-corrected chi connectivity index (χ0v) is 21.4. The van der Waals surface area contributed by atoms with Crippen molar-refractivity contribution in [1.29, 1.82) is 0 Å². The third-order valence-electron chi connectivity index (χ3n) is 7.03. The Morgan fingerprint density at radius 3 is 2.86 bits per heavy atom. The molecule has 1 fully saturated rings. The van der Waals surface area contributed by atoms with Gasteiger partial charge < -0.3 is 14.7 Å². The van der Waals surface area contributed by atoms with Gasteiger partial charge in [-0.15, -0.1) is 11.8 Å². The van der Waals surface area contributed by atoms with Crippen molar-refractivity contribution in [3.63, 3.8) is 0 Å². The number of carbonyl (C=O) groups is 1. The molecule has 0 amide bonds. The molecule has 1 aliphatic rings. The highest BCUT2D eigenvalue weighted by atomic mass is 32.2. The number of likely N-dealkylation sites (tertiary alicyclic amines) is 1. The van der Waals surface area contributed by atoms with E-state index in [1.165, 1.54) is 6.33 Å². The second kappa shape index (κ2) is 13.0. The van der Waals surface area contributed by atoms with Gasteiger partial charge in [-0.25, -0.2) is 14.4 Å². The van der Waals surface area contributed by atoms with Crippen LogP contribution in [-0.4, -0.2) is 63.4 Å². The van der Waals surface area contributed by atoms with Crippen molar-refractivity contribution in [1.82, 2.24) is 19.9 Å². The zero-order chi connectivity index (χ0) is 25.3. The van der Waals surface area contributed by atoms with E-state index >= 15 is 4.39 Å². The van der Waals surface area contributed by atoms with Gasteiger partial charge in [-0.3, -0.25) is 9.78 Å². The second-order valence-electron chi connectivity index (χ2n) is 9.29. The van der Waals surface area contributed by atoms with Crippen LogP contribution in [0, 0.1) is 11.8 Å². The van der Waals surface area contributed by atoms with Crippen LogP contribution in [0.15, 0.2) is 54.1 Å². The number of hydrogen-bond donors (Lipinski definition) is 1. The van der Waals surface area contributed by atoms with Crippen LogP contribution in [0.25, 0.3) is 10.9 Å². The molecule has 0 bridgehead atoms. The summed E-state index contributed by atoms with van der Waals surface area (Å²) in [6.45, 7) is 2.73. The Morgan fingerprint density at radius 2 is 2.08 bits per heavy atom. The third kappa shape index (κ3) is 7.13. The van der Waals surface area contributed by atoms with Gasteiger partial charge in [-0.1, -0.05) is 0 Å². The maximum atomic E-state index is 15.5. The van der Waals surface area contributed by atoms with Crippen LogP contribution in [0.5, 0.6) is 5.75 Å². The van der Waals surface area contributed by atoms with Crippen LogP contribution in [0.2, 0.25) is 0 Å². The number of carboxylic acid groups (broad SMARTS) is 1. The summed E-state index contributed by atoms with van der Waals surface area (Å²) in [7, 11) is 1.60. The van der Waals surface area contributed by atoms with Crippen molar-refractivity contribution >= 4 is 28.6 Å². The van der Waals surface area contributed by atoms with E-state index in [0.29, 0.717) is 30.1 Å². The predicted molar refractivity (Wildman–Crippen MR) is 139 cm³/mol. The number of benzene rings is 1. The molecular formula is C27H33FN4O3S. The molecule has 1 aromatic carbocycles. The Labute approximate surface area is 215 Å². The van der Waals surface area contributed by atoms with Crippen LogP contribution in [0.4, 0.5) is 4.39 Å². The molecule has 1 saturated heterocycles. The summed E-state index contributed by atoms with van der Waals surface area (Å²) < 4.78 is 20.8. The monoisotopic (exact) mass is 512 g/mol. The number of hydrogen-bond acceptors (Lipinski definition) is 7. The maximum absolute atomic E-state index is 15.5. The fourth-order valence-electron chi connectivity index (χ4n) is 5.09. The lowest BCUT2D eigenvalue weighted by Gasteiger charge is -2.39. The van der Waals surface area contributed by atoms with Crippen molar-refractivity contribution in [3.8, 4) is 5.75 Å². The number of nitrogens with zero attached hydrogens (tertiary/aromatic N) is 4. The molecule has 9 heteroatoms. The lowest BCUT2D eigenvalue weighted by molar-refractivity contribution is -0.137. The van der Waals surface area contributed by atoms with Gasteiger partial charge in [0.2, 0.25) is 0 Å². The Hall–Kier alpha value is -2.78. The van der Waals surface area contributed by atoms with Gasteiger partial charge in [-0.05, 0) is 73.9 Å². The molecule has 192 valence electrons. The number of pyridine rings is 1. The van der Waals surface area contributed by atoms with E-state index in [1.807, 2.05) is 30.6 Å². The molecule has 2 aromatic heterocycles. The molecule has 3 heterocycles. The molecule has 3 aromatic rings. The topological polar surface area (TPSA) is 88.4 Å². The van der Waals surface area contributed by atoms with Crippen molar-refractivity contribution in [2.45, 2.75) is 43.2 Å². The van der Waals surface area contributed by atoms with E-state index in [9.17, 15) is 9.90 Å². The Bertz CT molecular complexity index is 1140. The number of aromatic nitrogens is 3. The average Bonchev–Trinajstić information content (AvgIpc) is 2.91. The fraction of sp³-hybridized carbons (Fsp3) is 0.481. The summed E-state index contributed by atoms with van der Waals surface area (Å²) in [5.74, 6) is 1.40. The number of fused-ring (bicyclic) bond motifs is 1. The van der Waals surface area contributed by atoms with Gasteiger partial charge in [0.1, 0.15) is 18.2 Å². The number of thioether (sulfide) groups is 1. The molecule has 1 aliphatic heterocycles. The number of aliphatic carboxylic acids is 1. The SMILES string of the molecule is COc1ccc2nccc(C(F)CC[C@@H]3CCN(CCSc4cncnc4)C[C@@H]3CCC(=O)O)c2c1. The molecule has 36 heavy (non-hydrogen) atoms. The van der Waals surface area contributed by atoms with E-state index in [-0.39, 0.29) is 12.3 Å². The third-order valence-corrected chi connectivity index (χ3v) is 7.96. The molecule has 1 unspecified atom stereocenters. The highest BCUT2D eigenvalue weighted by Gasteiger charge is 2.30. The van der Waals surface area contributed by atoms with Gasteiger partial charge >= 0.3 is 5.97 Å². The fourth-order valence-corrected chi connectivity index (χ4v) is 5.95. The van der Waals surface area contributed by atoms with Gasteiger partial charge in [0, 0.05) is 54.1 Å². The summed E-state index contributed by atoms with van der Waals surface area (Å²) >= 11 is 1.73. The zero-order valence-electron chi connectivity index (χ0n) is 20.6. The van der Waals surface area contributed by atoms with E-state index in [4.69, 9.17) is 4.74 Å². The molecule has 0 radical (unpaired) electrons. The first-order chi connectivity index (χ1) is 17.5. The average molecular weight is 513 g/mol. The highest BCUT2D eigenvalue weighted by Crippen LogP contribution is 2.36. The van der Waals surface area contributed by atoms with E-state index in [0.717, 1.165) is 54.0 Å². The minimum Gasteiger partial charge on any atom is -0.497 e. The number of ether oxygens (including phenoxy) is 1. The Balaban J connectivity index is 1.35. The van der Waals surface area contributed by atoms with Crippen molar-refractivity contribution in [2.75, 3.05) is 32.5 Å². The maximum Gasteiger partial charge on any atom is 0.303 e. The van der Waals surface area contributed by atoms with E-state index in [1.54, 1.807) is 31.1 Å². The minimum atomic E-state index is -1.11. The number of halogens is 1. The first kappa shape index (κ1) is 26.3. The van der Waals surface area contributed by atoms with Crippen LogP contribution in [-0.2, 0) is 4.79 Å². The van der Waals surface area contributed by atoms with Gasteiger partial charge in [0.25, 0.3) is 0 Å². The minimum absolute atomic E-state index is 0.152. The number of piperidine rings is 1. The standard InChI is InChI=1S/C27H33FN4O3S/c1-35-21-4-6-26-24(14-21)23(8-10-31-26)25(28)5-2-19-9-11-32(17-20(19)3-7-27(33)34)12-13-36-22-15-29-18-30-16-22/h4,6,8,10,14-16,18-20,25H,2-3,5,7,9,11-13,17H2,1H3,(H,33,34)/t19-,20+,25?/m1/s1. The first-order valence-electron chi connectivity index (χ1n) is 12.4. The molecule has 0 saturated carbocycles.